The number of rotatable bonds is 4. The van der Waals surface area contributed by atoms with Gasteiger partial charge in [0.25, 0.3) is 5.91 Å². The molecule has 24 heavy (non-hydrogen) atoms. The number of nitrogens with one attached hydrogen (secondary N) is 1. The third kappa shape index (κ3) is 3.77. The van der Waals surface area contributed by atoms with Crippen molar-refractivity contribution in [3.63, 3.8) is 0 Å². The molecule has 1 fully saturated rings. The molecule has 1 aliphatic rings. The molecule has 0 unspecified atom stereocenters. The van der Waals surface area contributed by atoms with E-state index >= 15 is 0 Å². The maximum atomic E-state index is 12.5. The predicted octanol–water partition coefficient (Wildman–Crippen LogP) is 3.00. The normalized spacial score (nSPS) is 13.9. The van der Waals surface area contributed by atoms with Crippen LogP contribution in [0.3, 0.4) is 0 Å². The summed E-state index contributed by atoms with van der Waals surface area (Å²) in [5.41, 5.74) is 1.24. The van der Waals surface area contributed by atoms with E-state index in [4.69, 9.17) is 0 Å². The van der Waals surface area contributed by atoms with Gasteiger partial charge < -0.3 is 15.1 Å². The quantitative estimate of drug-likeness (QED) is 0.746. The second-order valence-corrected chi connectivity index (χ2v) is 7.21. The number of amides is 1. The molecule has 126 valence electrons. The van der Waals surface area contributed by atoms with Gasteiger partial charge in [-0.15, -0.1) is 0 Å². The summed E-state index contributed by atoms with van der Waals surface area (Å²) in [4.78, 5) is 25.6. The summed E-state index contributed by atoms with van der Waals surface area (Å²) in [5.74, 6) is 1.28. The molecule has 0 aliphatic carbocycles. The van der Waals surface area contributed by atoms with Crippen molar-refractivity contribution in [3.8, 4) is 0 Å². The molecule has 1 N–H and O–H groups in total. The van der Waals surface area contributed by atoms with Crippen LogP contribution in [0.4, 0.5) is 17.5 Å². The fourth-order valence-electron chi connectivity index (χ4n) is 2.69. The van der Waals surface area contributed by atoms with E-state index in [9.17, 15) is 4.79 Å². The summed E-state index contributed by atoms with van der Waals surface area (Å²) in [6.45, 7) is 1.97. The maximum Gasteiger partial charge on any atom is 0.255 e. The van der Waals surface area contributed by atoms with Crippen molar-refractivity contribution in [1.29, 1.82) is 0 Å². The second kappa shape index (κ2) is 7.33. The minimum Gasteiger partial charge on any atom is -0.361 e. The van der Waals surface area contributed by atoms with Crippen molar-refractivity contribution >= 4 is 46.0 Å². The molecular formula is C17H20IN5O. The molecule has 1 aliphatic heterocycles. The molecule has 1 aromatic heterocycles. The van der Waals surface area contributed by atoms with Gasteiger partial charge in [0.05, 0.1) is 6.20 Å². The lowest BCUT2D eigenvalue weighted by atomic mass is 10.2. The first-order valence-electron chi connectivity index (χ1n) is 7.91. The minimum atomic E-state index is -0.158. The van der Waals surface area contributed by atoms with Gasteiger partial charge >= 0.3 is 0 Å². The van der Waals surface area contributed by atoms with Crippen LogP contribution in [-0.4, -0.2) is 43.1 Å². The van der Waals surface area contributed by atoms with Gasteiger partial charge in [-0.3, -0.25) is 4.79 Å². The summed E-state index contributed by atoms with van der Waals surface area (Å²) in [5, 5.41) is 2.93. The van der Waals surface area contributed by atoms with E-state index in [1.54, 1.807) is 12.3 Å². The van der Waals surface area contributed by atoms with Crippen molar-refractivity contribution in [1.82, 2.24) is 9.97 Å². The van der Waals surface area contributed by atoms with Crippen molar-refractivity contribution < 1.29 is 4.79 Å². The highest BCUT2D eigenvalue weighted by molar-refractivity contribution is 14.1. The van der Waals surface area contributed by atoms with Crippen LogP contribution in [-0.2, 0) is 0 Å². The van der Waals surface area contributed by atoms with E-state index in [1.165, 1.54) is 12.8 Å². The van der Waals surface area contributed by atoms with Crippen LogP contribution < -0.4 is 15.1 Å². The Labute approximate surface area is 155 Å². The average molecular weight is 437 g/mol. The van der Waals surface area contributed by atoms with Crippen molar-refractivity contribution in [2.45, 2.75) is 12.8 Å². The number of benzene rings is 1. The summed E-state index contributed by atoms with van der Waals surface area (Å²) < 4.78 is 1.02. The molecule has 1 amide bonds. The molecule has 3 rings (SSSR count). The van der Waals surface area contributed by atoms with Crippen LogP contribution in [0.25, 0.3) is 0 Å². The number of nitrogens with zero attached hydrogens (tertiary/aromatic N) is 4. The standard InChI is InChI=1S/C17H20IN5O/c1-22(2)15-14(11-19-17(21-15)23-8-3-4-9-23)20-16(24)12-6-5-7-13(18)10-12/h5-7,10-11H,3-4,8-9H2,1-2H3,(H,20,24). The lowest BCUT2D eigenvalue weighted by molar-refractivity contribution is 0.102. The Bertz CT molecular complexity index is 744. The molecule has 0 atom stereocenters. The topological polar surface area (TPSA) is 61.4 Å². The number of aromatic nitrogens is 2. The number of hydrogen-bond donors (Lipinski definition) is 1. The van der Waals surface area contributed by atoms with E-state index in [1.807, 2.05) is 37.2 Å². The highest BCUT2D eigenvalue weighted by Crippen LogP contribution is 2.26. The molecule has 0 bridgehead atoms. The lowest BCUT2D eigenvalue weighted by Gasteiger charge is -2.21. The first kappa shape index (κ1) is 16.9. The van der Waals surface area contributed by atoms with Gasteiger partial charge in [0.15, 0.2) is 5.82 Å². The summed E-state index contributed by atoms with van der Waals surface area (Å²) in [7, 11) is 3.83. The Morgan fingerprint density at radius 3 is 2.71 bits per heavy atom. The lowest BCUT2D eigenvalue weighted by Crippen LogP contribution is -2.23. The zero-order chi connectivity index (χ0) is 17.1. The zero-order valence-electron chi connectivity index (χ0n) is 13.8. The molecular weight excluding hydrogens is 417 g/mol. The highest BCUT2D eigenvalue weighted by Gasteiger charge is 2.19. The molecule has 7 heteroatoms. The van der Waals surface area contributed by atoms with Gasteiger partial charge in [0.1, 0.15) is 5.69 Å². The third-order valence-electron chi connectivity index (χ3n) is 3.90. The molecule has 1 aromatic carbocycles. The van der Waals surface area contributed by atoms with Crippen LogP contribution in [0, 0.1) is 3.57 Å². The van der Waals surface area contributed by atoms with Crippen LogP contribution in [0.5, 0.6) is 0 Å². The maximum absolute atomic E-state index is 12.5. The number of carbonyl (C=O) groups is 1. The monoisotopic (exact) mass is 437 g/mol. The van der Waals surface area contributed by atoms with Gasteiger partial charge in [-0.2, -0.15) is 4.98 Å². The van der Waals surface area contributed by atoms with Crippen molar-refractivity contribution in [2.75, 3.05) is 42.3 Å². The average Bonchev–Trinajstić information content (AvgIpc) is 3.09. The van der Waals surface area contributed by atoms with Crippen LogP contribution in [0.2, 0.25) is 0 Å². The number of halogens is 1. The Hall–Kier alpha value is -1.90. The summed E-state index contributed by atoms with van der Waals surface area (Å²) >= 11 is 2.19. The SMILES string of the molecule is CN(C)c1nc(N2CCCC2)ncc1NC(=O)c1cccc(I)c1. The molecule has 0 saturated carbocycles. The Morgan fingerprint density at radius 1 is 1.29 bits per heavy atom. The molecule has 6 nitrogen and oxygen atoms in total. The fourth-order valence-corrected chi connectivity index (χ4v) is 3.23. The van der Waals surface area contributed by atoms with Crippen LogP contribution in [0.1, 0.15) is 23.2 Å². The predicted molar refractivity (Wildman–Crippen MR) is 105 cm³/mol. The molecule has 0 spiro atoms. The van der Waals surface area contributed by atoms with E-state index in [0.717, 1.165) is 22.6 Å². The molecule has 0 radical (unpaired) electrons. The first-order chi connectivity index (χ1) is 11.5. The van der Waals surface area contributed by atoms with E-state index in [0.29, 0.717) is 17.1 Å². The van der Waals surface area contributed by atoms with Gasteiger partial charge in [0, 0.05) is 36.3 Å². The van der Waals surface area contributed by atoms with Gasteiger partial charge in [0.2, 0.25) is 5.95 Å². The van der Waals surface area contributed by atoms with Crippen molar-refractivity contribution in [3.05, 3.63) is 39.6 Å². The number of hydrogen-bond acceptors (Lipinski definition) is 5. The van der Waals surface area contributed by atoms with E-state index in [-0.39, 0.29) is 5.91 Å². The second-order valence-electron chi connectivity index (χ2n) is 5.96. The van der Waals surface area contributed by atoms with Crippen LogP contribution >= 0.6 is 22.6 Å². The largest absolute Gasteiger partial charge is 0.361 e. The van der Waals surface area contributed by atoms with Gasteiger partial charge in [-0.05, 0) is 53.6 Å². The third-order valence-corrected chi connectivity index (χ3v) is 4.57. The molecule has 1 saturated heterocycles. The Balaban J connectivity index is 1.85. The number of carbonyl (C=O) groups excluding carboxylic acids is 1. The van der Waals surface area contributed by atoms with E-state index in [2.05, 4.69) is 42.8 Å². The molecule has 2 heterocycles. The fraction of sp³-hybridized carbons (Fsp3) is 0.353. The highest BCUT2D eigenvalue weighted by atomic mass is 127. The van der Waals surface area contributed by atoms with Crippen molar-refractivity contribution in [2.24, 2.45) is 0 Å². The van der Waals surface area contributed by atoms with Crippen LogP contribution in [0.15, 0.2) is 30.5 Å². The summed E-state index contributed by atoms with van der Waals surface area (Å²) in [6.07, 6.45) is 4.04. The summed E-state index contributed by atoms with van der Waals surface area (Å²) in [6, 6.07) is 7.48. The molecule has 2 aromatic rings. The Kier molecular flexibility index (Phi) is 5.17. The first-order valence-corrected chi connectivity index (χ1v) is 8.99. The minimum absolute atomic E-state index is 0.158. The number of anilines is 3. The van der Waals surface area contributed by atoms with Gasteiger partial charge in [-0.1, -0.05) is 6.07 Å². The Morgan fingerprint density at radius 2 is 2.04 bits per heavy atom. The smallest absolute Gasteiger partial charge is 0.255 e. The zero-order valence-corrected chi connectivity index (χ0v) is 15.9. The van der Waals surface area contributed by atoms with E-state index < -0.39 is 0 Å². The van der Waals surface area contributed by atoms with Gasteiger partial charge in [-0.25, -0.2) is 4.98 Å².